The summed E-state index contributed by atoms with van der Waals surface area (Å²) in [6, 6.07) is 20.4. The van der Waals surface area contributed by atoms with Crippen LogP contribution in [0.2, 0.25) is 4.34 Å². The van der Waals surface area contributed by atoms with E-state index in [1.165, 1.54) is 24.5 Å². The van der Waals surface area contributed by atoms with Crippen molar-refractivity contribution in [3.05, 3.63) is 105 Å². The monoisotopic (exact) mass is 1080 g/mol. The number of allylic oxidation sites excluding steroid dienone is 1. The molecular weight excluding hydrogens is 1020 g/mol. The standard InChI is InChI=1S/C59H67ClO15S/c1-59(2,3)47-35-46(73-56(65)40-12-8-38(9-13-40)54(63)71-33-32-68-4)24-27-50(47)75-58(67)42-14-10-37(11-15-42)53(62)70-31-30-36-6-21-44(22-7-36)72-55(64)39-16-18-41(19-17-39)57(66)74-49-26-23-45(69-5)34-43(49)20-25-48(61)51-28-29-52(60)76-51/h6-7,20-29,34-35,37-42H,8-19,30-33H2,1-5H3/b25-20+. The van der Waals surface area contributed by atoms with Crippen LogP contribution in [-0.4, -0.2) is 75.6 Å². The molecule has 0 amide bonds. The van der Waals surface area contributed by atoms with Crippen molar-refractivity contribution in [3.63, 3.8) is 0 Å². The highest BCUT2D eigenvalue weighted by Crippen LogP contribution is 2.39. The first kappa shape index (κ1) is 57.3. The molecule has 0 radical (unpaired) electrons. The summed E-state index contributed by atoms with van der Waals surface area (Å²) in [5.74, 6) is -2.46. The Balaban J connectivity index is 0.793. The number of benzene rings is 3. The minimum Gasteiger partial charge on any atom is -0.497 e. The van der Waals surface area contributed by atoms with Gasteiger partial charge >= 0.3 is 35.8 Å². The molecule has 3 fully saturated rings. The molecule has 0 spiro atoms. The van der Waals surface area contributed by atoms with Gasteiger partial charge in [0.25, 0.3) is 0 Å². The predicted molar refractivity (Wildman–Crippen MR) is 284 cm³/mol. The highest BCUT2D eigenvalue weighted by Gasteiger charge is 2.36. The van der Waals surface area contributed by atoms with Crippen molar-refractivity contribution in [3.8, 4) is 28.7 Å². The lowest BCUT2D eigenvalue weighted by atomic mass is 9.82. The number of ether oxygens (including phenoxy) is 8. The van der Waals surface area contributed by atoms with Gasteiger partial charge in [-0.2, -0.15) is 0 Å². The van der Waals surface area contributed by atoms with Crippen LogP contribution in [0.25, 0.3) is 6.08 Å². The summed E-state index contributed by atoms with van der Waals surface area (Å²) < 4.78 is 45.1. The van der Waals surface area contributed by atoms with Gasteiger partial charge in [-0.25, -0.2) is 0 Å². The zero-order chi connectivity index (χ0) is 54.4. The van der Waals surface area contributed by atoms with Gasteiger partial charge in [0.05, 0.1) is 65.0 Å². The summed E-state index contributed by atoms with van der Waals surface area (Å²) >= 11 is 7.16. The Morgan fingerprint density at radius 2 is 0.987 bits per heavy atom. The van der Waals surface area contributed by atoms with E-state index in [4.69, 9.17) is 49.5 Å². The van der Waals surface area contributed by atoms with Gasteiger partial charge in [0.1, 0.15) is 35.4 Å². The fourth-order valence-corrected chi connectivity index (χ4v) is 10.7. The molecule has 0 N–H and O–H groups in total. The molecule has 0 saturated heterocycles. The van der Waals surface area contributed by atoms with Crippen LogP contribution in [0.5, 0.6) is 28.7 Å². The number of rotatable bonds is 20. The third-order valence-corrected chi connectivity index (χ3v) is 15.6. The second-order valence-corrected chi connectivity index (χ2v) is 22.4. The molecule has 4 aromatic rings. The lowest BCUT2D eigenvalue weighted by molar-refractivity contribution is -0.153. The summed E-state index contributed by atoms with van der Waals surface area (Å²) in [4.78, 5) is 91.7. The van der Waals surface area contributed by atoms with Gasteiger partial charge in [-0.1, -0.05) is 44.5 Å². The van der Waals surface area contributed by atoms with E-state index in [2.05, 4.69) is 0 Å². The predicted octanol–water partition coefficient (Wildman–Crippen LogP) is 11.3. The van der Waals surface area contributed by atoms with Gasteiger partial charge in [0.15, 0.2) is 5.78 Å². The summed E-state index contributed by atoms with van der Waals surface area (Å²) in [6.07, 6.45) is 9.30. The lowest BCUT2D eigenvalue weighted by Crippen LogP contribution is -2.30. The molecular formula is C59H67ClO15S. The molecule has 17 heteroatoms. The average molecular weight is 1080 g/mol. The van der Waals surface area contributed by atoms with Crippen LogP contribution in [-0.2, 0) is 54.8 Å². The highest BCUT2D eigenvalue weighted by molar-refractivity contribution is 7.18. The fraction of sp³-hybridized carbons (Fsp3) is 0.475. The summed E-state index contributed by atoms with van der Waals surface area (Å²) in [5, 5.41) is 0. The van der Waals surface area contributed by atoms with Crippen LogP contribution in [0.3, 0.4) is 0 Å². The summed E-state index contributed by atoms with van der Waals surface area (Å²) in [5.41, 5.74) is 1.66. The van der Waals surface area contributed by atoms with Crippen LogP contribution in [0.4, 0.5) is 0 Å². The van der Waals surface area contributed by atoms with Crippen molar-refractivity contribution >= 4 is 70.6 Å². The van der Waals surface area contributed by atoms with E-state index >= 15 is 0 Å². The summed E-state index contributed by atoms with van der Waals surface area (Å²) in [7, 11) is 3.06. The van der Waals surface area contributed by atoms with Crippen molar-refractivity contribution in [2.24, 2.45) is 35.5 Å². The topological polar surface area (TPSA) is 193 Å². The van der Waals surface area contributed by atoms with Crippen LogP contribution in [0, 0.1) is 35.5 Å². The summed E-state index contributed by atoms with van der Waals surface area (Å²) in [6.45, 7) is 6.66. The number of halogens is 1. The Hall–Kier alpha value is -6.36. The molecule has 0 atom stereocenters. The number of esters is 6. The lowest BCUT2D eigenvalue weighted by Gasteiger charge is -2.28. The second-order valence-electron chi connectivity index (χ2n) is 20.7. The number of ketones is 1. The van der Waals surface area contributed by atoms with Gasteiger partial charge in [0, 0.05) is 24.7 Å². The van der Waals surface area contributed by atoms with Crippen LogP contribution >= 0.6 is 22.9 Å². The SMILES string of the molecule is COCCOC(=O)C1CCC(C(=O)Oc2ccc(OC(=O)C3CCC(C(=O)OCCc4ccc(OC(=O)C5CCC(C(=O)Oc6ccc(OC)cc6/C=C/C(=O)c6ccc(Cl)s6)CC5)cc4)CC3)c(C(C)(C)C)c2)CC1. The minimum atomic E-state index is -0.447. The number of carbonyl (C=O) groups is 7. The van der Waals surface area contributed by atoms with E-state index in [0.717, 1.165) is 5.56 Å². The van der Waals surface area contributed by atoms with Crippen molar-refractivity contribution < 1.29 is 71.5 Å². The normalized spacial score (nSPS) is 20.7. The molecule has 406 valence electrons. The van der Waals surface area contributed by atoms with Crippen molar-refractivity contribution in [2.75, 3.05) is 34.0 Å². The minimum absolute atomic E-state index is 0.168. The maximum absolute atomic E-state index is 13.5. The Bertz CT molecular complexity index is 2710. The van der Waals surface area contributed by atoms with E-state index in [1.54, 1.807) is 73.8 Å². The van der Waals surface area contributed by atoms with E-state index in [1.807, 2.05) is 32.9 Å². The first-order chi connectivity index (χ1) is 36.5. The first-order valence-electron chi connectivity index (χ1n) is 26.1. The molecule has 1 heterocycles. The molecule has 3 aromatic carbocycles. The molecule has 0 aliphatic heterocycles. The van der Waals surface area contributed by atoms with Gasteiger partial charge in [-0.05, 0) is 161 Å². The van der Waals surface area contributed by atoms with E-state index in [0.29, 0.717) is 133 Å². The maximum atomic E-state index is 13.5. The van der Waals surface area contributed by atoms with Crippen molar-refractivity contribution in [2.45, 2.75) is 110 Å². The Morgan fingerprint density at radius 3 is 1.49 bits per heavy atom. The van der Waals surface area contributed by atoms with Crippen molar-refractivity contribution in [1.29, 1.82) is 0 Å². The molecule has 76 heavy (non-hydrogen) atoms. The van der Waals surface area contributed by atoms with E-state index < -0.39 is 17.3 Å². The smallest absolute Gasteiger partial charge is 0.314 e. The van der Waals surface area contributed by atoms with Gasteiger partial charge in [-0.15, -0.1) is 11.3 Å². The maximum Gasteiger partial charge on any atom is 0.314 e. The molecule has 3 aliphatic carbocycles. The number of carbonyl (C=O) groups excluding carboxylic acids is 7. The molecule has 15 nitrogen and oxygen atoms in total. The number of methoxy groups -OCH3 is 2. The van der Waals surface area contributed by atoms with Gasteiger partial charge in [0.2, 0.25) is 0 Å². The Kier molecular flexibility index (Phi) is 20.5. The van der Waals surface area contributed by atoms with Gasteiger partial charge in [-0.3, -0.25) is 33.6 Å². The average Bonchev–Trinajstić information content (AvgIpc) is 3.87. The molecule has 3 saturated carbocycles. The number of hydrogen-bond donors (Lipinski definition) is 0. The van der Waals surface area contributed by atoms with Crippen molar-refractivity contribution in [1.82, 2.24) is 0 Å². The highest BCUT2D eigenvalue weighted by atomic mass is 35.5. The molecule has 0 unspecified atom stereocenters. The third kappa shape index (κ3) is 16.1. The fourth-order valence-electron chi connectivity index (χ4n) is 9.75. The molecule has 3 aliphatic rings. The quantitative estimate of drug-likeness (QED) is 0.0266. The zero-order valence-corrected chi connectivity index (χ0v) is 45.3. The van der Waals surface area contributed by atoms with Crippen LogP contribution in [0.15, 0.2) is 78.9 Å². The molecule has 0 bridgehead atoms. The van der Waals surface area contributed by atoms with Crippen LogP contribution < -0.4 is 23.7 Å². The molecule has 7 rings (SSSR count). The third-order valence-electron chi connectivity index (χ3n) is 14.3. The van der Waals surface area contributed by atoms with E-state index in [-0.39, 0.29) is 84.2 Å². The zero-order valence-electron chi connectivity index (χ0n) is 43.8. The van der Waals surface area contributed by atoms with Crippen LogP contribution in [0.1, 0.15) is 124 Å². The largest absolute Gasteiger partial charge is 0.497 e. The number of hydrogen-bond acceptors (Lipinski definition) is 16. The Labute approximate surface area is 452 Å². The Morgan fingerprint density at radius 1 is 0.526 bits per heavy atom. The number of thiophene rings is 1. The van der Waals surface area contributed by atoms with E-state index in [9.17, 15) is 33.6 Å². The van der Waals surface area contributed by atoms with Gasteiger partial charge < -0.3 is 37.9 Å². The first-order valence-corrected chi connectivity index (χ1v) is 27.3. The second kappa shape index (κ2) is 27.1. The molecule has 1 aromatic heterocycles.